The number of nitrogens with zero attached hydrogens (tertiary/aromatic N) is 3. The molecular weight excluding hydrogens is 839 g/mol. The Hall–Kier alpha value is -6.26. The van der Waals surface area contributed by atoms with Crippen molar-refractivity contribution in [3.8, 4) is 67.5 Å². The molecule has 0 amide bonds. The fraction of sp³-hybridized carbons (Fsp3) is 0.354. The van der Waals surface area contributed by atoms with Gasteiger partial charge in [0.1, 0.15) is 11.6 Å². The molecule has 8 aromatic rings. The summed E-state index contributed by atoms with van der Waals surface area (Å²) in [5, 5.41) is 12.5. The van der Waals surface area contributed by atoms with Crippen molar-refractivity contribution in [1.82, 2.24) is 14.5 Å². The van der Waals surface area contributed by atoms with Gasteiger partial charge in [-0.3, -0.25) is 9.55 Å². The van der Waals surface area contributed by atoms with Crippen molar-refractivity contribution < 1.29 is 12.0 Å². The van der Waals surface area contributed by atoms with Crippen molar-refractivity contribution in [2.24, 2.45) is 0 Å². The highest BCUT2D eigenvalue weighted by atomic mass is 16.3. The second kappa shape index (κ2) is 19.3. The number of hydrogen-bond acceptors (Lipinski definition) is 3. The van der Waals surface area contributed by atoms with Gasteiger partial charge in [-0.15, -0.1) is 0 Å². The first kappa shape index (κ1) is 42.8. The summed E-state index contributed by atoms with van der Waals surface area (Å²) in [5.41, 5.74) is 13.5. The minimum Gasteiger partial charge on any atom is -0.507 e. The lowest BCUT2D eigenvalue weighted by atomic mass is 9.68. The van der Waals surface area contributed by atoms with Crippen LogP contribution in [0.2, 0.25) is 0 Å². The number of aryl methyl sites for hydroxylation is 1. The van der Waals surface area contributed by atoms with E-state index in [1.54, 1.807) is 39.8 Å². The lowest BCUT2D eigenvalue weighted by Gasteiger charge is -2.36. The third-order valence-electron chi connectivity index (χ3n) is 15.4. The minimum absolute atomic E-state index is 0.139. The van der Waals surface area contributed by atoms with Crippen LogP contribution in [0.15, 0.2) is 134 Å². The first-order valence-corrected chi connectivity index (χ1v) is 25.0. The number of hydrogen-bond donors (Lipinski definition) is 1. The van der Waals surface area contributed by atoms with Crippen LogP contribution in [0, 0.1) is 6.85 Å². The van der Waals surface area contributed by atoms with Gasteiger partial charge in [0.15, 0.2) is 0 Å². The van der Waals surface area contributed by atoms with E-state index in [0.717, 1.165) is 75.9 Å². The highest BCUT2D eigenvalue weighted by molar-refractivity contribution is 5.97. The van der Waals surface area contributed by atoms with Crippen molar-refractivity contribution in [2.75, 3.05) is 0 Å². The van der Waals surface area contributed by atoms with Gasteiger partial charge in [-0.25, -0.2) is 4.98 Å². The van der Waals surface area contributed by atoms with Crippen molar-refractivity contribution in [3.63, 3.8) is 0 Å². The summed E-state index contributed by atoms with van der Waals surface area (Å²) in [6.07, 6.45) is 5.51. The maximum Gasteiger partial charge on any atom is 0.149 e. The quantitative estimate of drug-likeness (QED) is 0.118. The molecule has 0 atom stereocenters. The van der Waals surface area contributed by atoms with E-state index in [-0.39, 0.29) is 27.6 Å². The van der Waals surface area contributed by atoms with Gasteiger partial charge < -0.3 is 5.11 Å². The van der Waals surface area contributed by atoms with Crippen LogP contribution in [0.25, 0.3) is 72.7 Å². The molecule has 0 radical (unpaired) electrons. The third-order valence-corrected chi connectivity index (χ3v) is 15.4. The third kappa shape index (κ3) is 9.20. The zero-order chi connectivity index (χ0) is 53.9. The van der Waals surface area contributed by atoms with Crippen LogP contribution in [0.4, 0.5) is 0 Å². The van der Waals surface area contributed by atoms with Gasteiger partial charge in [0.2, 0.25) is 0 Å². The van der Waals surface area contributed by atoms with Crippen LogP contribution in [-0.4, -0.2) is 19.6 Å². The molecule has 0 unspecified atom stereocenters. The molecule has 2 heterocycles. The van der Waals surface area contributed by atoms with E-state index >= 15 is 0 Å². The normalized spacial score (nSPS) is 14.0. The van der Waals surface area contributed by atoms with E-state index in [1.807, 2.05) is 65.4 Å². The fourth-order valence-electron chi connectivity index (χ4n) is 10.0. The van der Waals surface area contributed by atoms with E-state index in [2.05, 4.69) is 123 Å². The average Bonchev–Trinajstić information content (AvgIpc) is 3.76. The molecule has 0 fully saturated rings. The monoisotopic (exact) mass is 919 g/mol. The first-order chi connectivity index (χ1) is 34.7. The predicted molar refractivity (Wildman–Crippen MR) is 295 cm³/mol. The zero-order valence-corrected chi connectivity index (χ0v) is 43.3. The van der Waals surface area contributed by atoms with Gasteiger partial charge in [0, 0.05) is 24.2 Å². The van der Waals surface area contributed by atoms with Gasteiger partial charge >= 0.3 is 0 Å². The molecule has 8 rings (SSSR count). The SMILES string of the molecule is [2H]C([2H])([2H])c1cc(-c2c(C(C)(CC)CC)cccc2C(C)(CC)CC)ccc1-n1c(-c2cc(C([2H])(C)C)cc(C([2H])(C)C)c2O)nc2c(-c3cc(-c4cc(-c5ccccc5)ccn4)cc(C(C)(C)C)c3)cccc21. The molecule has 0 spiro atoms. The molecule has 69 heavy (non-hydrogen) atoms. The molecule has 356 valence electrons. The number of benzene rings is 6. The maximum atomic E-state index is 12.5. The average molecular weight is 919 g/mol. The topological polar surface area (TPSA) is 50.9 Å². The Balaban J connectivity index is 1.49. The number of aromatic hydroxyl groups is 1. The number of phenolic OH excluding ortho intramolecular Hbond substituents is 1. The second-order valence-electron chi connectivity index (χ2n) is 21.2. The number of rotatable bonds is 14. The molecule has 0 aliphatic heterocycles. The summed E-state index contributed by atoms with van der Waals surface area (Å²) in [5.74, 6) is -2.21. The molecule has 4 heteroatoms. The Kier molecular flexibility index (Phi) is 12.0. The summed E-state index contributed by atoms with van der Waals surface area (Å²) < 4.78 is 48.5. The molecule has 4 nitrogen and oxygen atoms in total. The lowest BCUT2D eigenvalue weighted by molar-refractivity contribution is 0.426. The van der Waals surface area contributed by atoms with E-state index in [1.165, 1.54) is 11.1 Å². The summed E-state index contributed by atoms with van der Waals surface area (Å²) in [7, 11) is 0. The van der Waals surface area contributed by atoms with E-state index < -0.39 is 18.6 Å². The molecule has 1 N–H and O–H groups in total. The van der Waals surface area contributed by atoms with Crippen LogP contribution in [0.3, 0.4) is 0 Å². The molecule has 0 aliphatic carbocycles. The number of phenols is 1. The summed E-state index contributed by atoms with van der Waals surface area (Å²) in [6, 6.07) is 43.0. The Morgan fingerprint density at radius 2 is 1.26 bits per heavy atom. The Labute approximate surface area is 421 Å². The van der Waals surface area contributed by atoms with Gasteiger partial charge in [0.05, 0.1) is 28.0 Å². The van der Waals surface area contributed by atoms with Gasteiger partial charge in [-0.2, -0.15) is 0 Å². The summed E-state index contributed by atoms with van der Waals surface area (Å²) in [6.45, 7) is 24.6. The summed E-state index contributed by atoms with van der Waals surface area (Å²) in [4.78, 5) is 10.4. The van der Waals surface area contributed by atoms with Crippen molar-refractivity contribution in [3.05, 3.63) is 167 Å². The van der Waals surface area contributed by atoms with E-state index in [9.17, 15) is 12.0 Å². The molecule has 6 aromatic carbocycles. The van der Waals surface area contributed by atoms with E-state index in [4.69, 9.17) is 9.97 Å². The molecule has 0 saturated carbocycles. The summed E-state index contributed by atoms with van der Waals surface area (Å²) >= 11 is 0. The Morgan fingerprint density at radius 3 is 1.87 bits per heavy atom. The van der Waals surface area contributed by atoms with Crippen LogP contribution in [-0.2, 0) is 16.2 Å². The van der Waals surface area contributed by atoms with E-state index in [0.29, 0.717) is 39.2 Å². The van der Waals surface area contributed by atoms with Gasteiger partial charge in [-0.05, 0) is 170 Å². The molecule has 0 saturated heterocycles. The second-order valence-corrected chi connectivity index (χ2v) is 21.2. The molecule has 0 aliphatic rings. The van der Waals surface area contributed by atoms with Crippen LogP contribution >= 0.6 is 0 Å². The molecular formula is C65H75N3O. The highest BCUT2D eigenvalue weighted by Crippen LogP contribution is 2.48. The number of pyridine rings is 1. The van der Waals surface area contributed by atoms with Crippen LogP contribution in [0.1, 0.15) is 168 Å². The smallest absolute Gasteiger partial charge is 0.149 e. The largest absolute Gasteiger partial charge is 0.507 e. The van der Waals surface area contributed by atoms with Gasteiger partial charge in [-0.1, -0.05) is 169 Å². The predicted octanol–water partition coefficient (Wildman–Crippen LogP) is 18.5. The van der Waals surface area contributed by atoms with Crippen molar-refractivity contribution in [2.45, 2.75) is 151 Å². The standard InChI is InChI=1S/C65H75N3O/c1-15-64(13,16-2)54-27-23-28-55(65(14,17-3)18-4)59(54)46-30-31-57(43(9)34-46)68-58-29-22-26-51(60(58)67-62(68)53-39-47(41(5)6)38-52(42(7)8)61(53)69)48-35-49(37-50(36-48)63(10,11)12)56-40-45(32-33-66-56)44-24-20-19-21-25-44/h19-42,69H,15-18H2,1-14H3/i9D3,41D,42D. The van der Waals surface area contributed by atoms with Crippen LogP contribution in [0.5, 0.6) is 5.75 Å². The van der Waals surface area contributed by atoms with Crippen molar-refractivity contribution >= 4 is 11.0 Å². The number of fused-ring (bicyclic) bond motifs is 1. The molecule has 0 bridgehead atoms. The maximum absolute atomic E-state index is 12.5. The van der Waals surface area contributed by atoms with Crippen LogP contribution < -0.4 is 0 Å². The van der Waals surface area contributed by atoms with Gasteiger partial charge in [0.25, 0.3) is 0 Å². The number of para-hydroxylation sites is 1. The Bertz CT molecular complexity index is 3320. The van der Waals surface area contributed by atoms with Crippen molar-refractivity contribution in [1.29, 1.82) is 0 Å². The highest BCUT2D eigenvalue weighted by Gasteiger charge is 2.33. The zero-order valence-electron chi connectivity index (χ0n) is 48.3. The molecule has 2 aromatic heterocycles. The number of aromatic nitrogens is 3. The number of imidazole rings is 1. The first-order valence-electron chi connectivity index (χ1n) is 27.5. The fourth-order valence-corrected chi connectivity index (χ4v) is 10.0. The lowest BCUT2D eigenvalue weighted by Crippen LogP contribution is -2.25. The Morgan fingerprint density at radius 1 is 0.609 bits per heavy atom. The minimum atomic E-state index is -2.60.